The Balaban J connectivity index is 0.00000182. The van der Waals surface area contributed by atoms with E-state index in [0.717, 1.165) is 25.9 Å². The van der Waals surface area contributed by atoms with Crippen LogP contribution < -0.4 is 16.0 Å². The van der Waals surface area contributed by atoms with Crippen molar-refractivity contribution in [3.05, 3.63) is 29.8 Å². The fraction of sp³-hybridized carbons (Fsp3) is 0.667. The molecule has 4 nitrogen and oxygen atoms in total. The van der Waals surface area contributed by atoms with Crippen LogP contribution in [0.25, 0.3) is 0 Å². The van der Waals surface area contributed by atoms with Crippen molar-refractivity contribution in [3.8, 4) is 0 Å². The first-order valence-electron chi connectivity index (χ1n) is 9.94. The molecule has 1 amide bonds. The SMILES string of the molecule is CCN(CCNC(=O)C1CC2CCCC(C1)C2N)c1ccccc1C.Cl.Cl. The fourth-order valence-corrected chi connectivity index (χ4v) is 4.83. The molecule has 2 aliphatic carbocycles. The molecule has 1 aromatic carbocycles. The minimum Gasteiger partial charge on any atom is -0.370 e. The lowest BCUT2D eigenvalue weighted by atomic mass is 9.65. The molecule has 0 radical (unpaired) electrons. The maximum atomic E-state index is 12.6. The number of nitrogens with two attached hydrogens (primary N) is 1. The maximum absolute atomic E-state index is 12.6. The molecule has 0 aromatic heterocycles. The van der Waals surface area contributed by atoms with E-state index in [-0.39, 0.29) is 36.6 Å². The second-order valence-electron chi connectivity index (χ2n) is 7.85. The topological polar surface area (TPSA) is 58.4 Å². The third kappa shape index (κ3) is 5.75. The van der Waals surface area contributed by atoms with Crippen LogP contribution in [0.15, 0.2) is 24.3 Å². The Labute approximate surface area is 176 Å². The van der Waals surface area contributed by atoms with E-state index in [0.29, 0.717) is 24.4 Å². The van der Waals surface area contributed by atoms with Crippen LogP contribution in [-0.4, -0.2) is 31.6 Å². The molecule has 2 saturated carbocycles. The van der Waals surface area contributed by atoms with Gasteiger partial charge in [-0.25, -0.2) is 0 Å². The minimum absolute atomic E-state index is 0. The van der Waals surface area contributed by atoms with Gasteiger partial charge < -0.3 is 16.0 Å². The van der Waals surface area contributed by atoms with Crippen LogP contribution >= 0.6 is 24.8 Å². The Hall–Kier alpha value is -0.970. The number of likely N-dealkylation sites (N-methyl/N-ethyl adjacent to an activating group) is 1. The number of benzene rings is 1. The number of anilines is 1. The molecule has 2 atom stereocenters. The van der Waals surface area contributed by atoms with E-state index >= 15 is 0 Å². The van der Waals surface area contributed by atoms with Crippen LogP contribution in [-0.2, 0) is 4.79 Å². The number of hydrogen-bond acceptors (Lipinski definition) is 3. The predicted octanol–water partition coefficient (Wildman–Crippen LogP) is 3.93. The number of halogens is 2. The second-order valence-corrected chi connectivity index (χ2v) is 7.85. The first kappa shape index (κ1) is 24.1. The molecule has 2 bridgehead atoms. The molecule has 1 aromatic rings. The number of rotatable bonds is 6. The van der Waals surface area contributed by atoms with Gasteiger partial charge in [0.05, 0.1) is 0 Å². The number of nitrogens with zero attached hydrogens (tertiary/aromatic N) is 1. The molecule has 2 fully saturated rings. The lowest BCUT2D eigenvalue weighted by molar-refractivity contribution is -0.127. The van der Waals surface area contributed by atoms with Crippen LogP contribution in [0.1, 0.15) is 44.6 Å². The molecule has 2 aliphatic rings. The summed E-state index contributed by atoms with van der Waals surface area (Å²) in [4.78, 5) is 15.0. The fourth-order valence-electron chi connectivity index (χ4n) is 4.83. The van der Waals surface area contributed by atoms with Gasteiger partial charge in [0.1, 0.15) is 0 Å². The van der Waals surface area contributed by atoms with Crippen molar-refractivity contribution in [2.24, 2.45) is 23.5 Å². The van der Waals surface area contributed by atoms with Gasteiger partial charge in [-0.3, -0.25) is 4.79 Å². The third-order valence-corrected chi connectivity index (χ3v) is 6.30. The Morgan fingerprint density at radius 1 is 1.19 bits per heavy atom. The van der Waals surface area contributed by atoms with Crippen LogP contribution in [0.5, 0.6) is 0 Å². The molecule has 0 spiro atoms. The molecule has 3 rings (SSSR count). The van der Waals surface area contributed by atoms with Crippen LogP contribution in [0.4, 0.5) is 5.69 Å². The van der Waals surface area contributed by atoms with Gasteiger partial charge in [-0.2, -0.15) is 0 Å². The summed E-state index contributed by atoms with van der Waals surface area (Å²) in [5, 5.41) is 3.19. The monoisotopic (exact) mass is 415 g/mol. The smallest absolute Gasteiger partial charge is 0.223 e. The highest BCUT2D eigenvalue weighted by Crippen LogP contribution is 2.41. The van der Waals surface area contributed by atoms with E-state index < -0.39 is 0 Å². The van der Waals surface area contributed by atoms with Gasteiger partial charge in [0.2, 0.25) is 5.91 Å². The van der Waals surface area contributed by atoms with E-state index in [1.807, 2.05) is 0 Å². The van der Waals surface area contributed by atoms with Crippen molar-refractivity contribution < 1.29 is 4.79 Å². The highest BCUT2D eigenvalue weighted by atomic mass is 35.5. The lowest BCUT2D eigenvalue weighted by Gasteiger charge is -2.43. The zero-order chi connectivity index (χ0) is 17.8. The molecule has 6 heteroatoms. The summed E-state index contributed by atoms with van der Waals surface area (Å²) in [5.41, 5.74) is 8.89. The average Bonchev–Trinajstić information content (AvgIpc) is 2.59. The quantitative estimate of drug-likeness (QED) is 0.739. The van der Waals surface area contributed by atoms with Gasteiger partial charge in [0.25, 0.3) is 0 Å². The van der Waals surface area contributed by atoms with Gasteiger partial charge >= 0.3 is 0 Å². The minimum atomic E-state index is 0. The van der Waals surface area contributed by atoms with E-state index in [1.165, 1.54) is 30.5 Å². The van der Waals surface area contributed by atoms with Crippen molar-refractivity contribution in [3.63, 3.8) is 0 Å². The van der Waals surface area contributed by atoms with Crippen LogP contribution in [0.2, 0.25) is 0 Å². The zero-order valence-electron chi connectivity index (χ0n) is 16.5. The van der Waals surface area contributed by atoms with Gasteiger partial charge in [-0.1, -0.05) is 24.6 Å². The molecular formula is C21H35Cl2N3O. The normalized spacial score (nSPS) is 26.3. The van der Waals surface area contributed by atoms with Gasteiger partial charge in [0.15, 0.2) is 0 Å². The molecule has 154 valence electrons. The van der Waals surface area contributed by atoms with Gasteiger partial charge in [-0.15, -0.1) is 24.8 Å². The summed E-state index contributed by atoms with van der Waals surface area (Å²) in [6, 6.07) is 8.77. The highest BCUT2D eigenvalue weighted by molar-refractivity contribution is 5.85. The molecule has 2 unspecified atom stereocenters. The van der Waals surface area contributed by atoms with Gasteiger partial charge in [-0.05, 0) is 63.0 Å². The maximum Gasteiger partial charge on any atom is 0.223 e. The highest BCUT2D eigenvalue weighted by Gasteiger charge is 2.40. The molecule has 0 saturated heterocycles. The van der Waals surface area contributed by atoms with Crippen molar-refractivity contribution in [2.75, 3.05) is 24.5 Å². The number of carbonyl (C=O) groups excluding carboxylic acids is 1. The number of nitrogens with one attached hydrogen (secondary N) is 1. The second kappa shape index (κ2) is 11.1. The molecule has 0 heterocycles. The standard InChI is InChI=1S/C21H33N3O.2ClH/c1-3-24(19-10-5-4-7-15(19)2)12-11-23-21(25)18-13-16-8-6-9-17(14-18)20(16)22;;/h4-5,7,10,16-18,20H,3,6,8-9,11-14,22H2,1-2H3,(H,23,25);2*1H. The number of fused-ring (bicyclic) bond motifs is 2. The number of hydrogen-bond donors (Lipinski definition) is 2. The number of amides is 1. The summed E-state index contributed by atoms with van der Waals surface area (Å²) in [5.74, 6) is 1.53. The van der Waals surface area contributed by atoms with E-state index in [2.05, 4.69) is 48.3 Å². The Kier molecular flexibility index (Phi) is 9.92. The summed E-state index contributed by atoms with van der Waals surface area (Å²) in [6.45, 7) is 6.81. The lowest BCUT2D eigenvalue weighted by Crippen LogP contribution is -2.49. The van der Waals surface area contributed by atoms with Crippen molar-refractivity contribution >= 4 is 36.4 Å². The zero-order valence-corrected chi connectivity index (χ0v) is 18.2. The van der Waals surface area contributed by atoms with Crippen LogP contribution in [0, 0.1) is 24.7 Å². The first-order valence-corrected chi connectivity index (χ1v) is 9.94. The third-order valence-electron chi connectivity index (χ3n) is 6.30. The molecule has 0 aliphatic heterocycles. The van der Waals surface area contributed by atoms with E-state index in [4.69, 9.17) is 5.73 Å². The summed E-state index contributed by atoms with van der Waals surface area (Å²) < 4.78 is 0. The number of para-hydroxylation sites is 1. The molecule has 27 heavy (non-hydrogen) atoms. The van der Waals surface area contributed by atoms with Crippen molar-refractivity contribution in [2.45, 2.75) is 52.0 Å². The summed E-state index contributed by atoms with van der Waals surface area (Å²) in [7, 11) is 0. The van der Waals surface area contributed by atoms with Crippen molar-refractivity contribution in [1.29, 1.82) is 0 Å². The predicted molar refractivity (Wildman–Crippen MR) is 118 cm³/mol. The average molecular weight is 416 g/mol. The van der Waals surface area contributed by atoms with Crippen LogP contribution in [0.3, 0.4) is 0 Å². The van der Waals surface area contributed by atoms with E-state index in [9.17, 15) is 4.79 Å². The summed E-state index contributed by atoms with van der Waals surface area (Å²) in [6.07, 6.45) is 5.67. The largest absolute Gasteiger partial charge is 0.370 e. The van der Waals surface area contributed by atoms with Crippen molar-refractivity contribution in [1.82, 2.24) is 5.32 Å². The number of carbonyl (C=O) groups is 1. The van der Waals surface area contributed by atoms with Gasteiger partial charge in [0, 0.05) is 37.3 Å². The van der Waals surface area contributed by atoms with E-state index in [1.54, 1.807) is 0 Å². The first-order chi connectivity index (χ1) is 12.1. The molecular weight excluding hydrogens is 381 g/mol. The summed E-state index contributed by atoms with van der Waals surface area (Å²) >= 11 is 0. The molecule has 3 N–H and O–H groups in total. The number of aryl methyl sites for hydroxylation is 1. The Morgan fingerprint density at radius 2 is 1.81 bits per heavy atom. The Bertz CT molecular complexity index is 585. The Morgan fingerprint density at radius 3 is 2.41 bits per heavy atom.